The summed E-state index contributed by atoms with van der Waals surface area (Å²) in [4.78, 5) is 8.27. The zero-order valence-corrected chi connectivity index (χ0v) is 9.67. The Labute approximate surface area is 104 Å². The van der Waals surface area contributed by atoms with Crippen LogP contribution in [0.2, 0.25) is 5.02 Å². The lowest BCUT2D eigenvalue weighted by Gasteiger charge is -2.03. The Kier molecular flexibility index (Phi) is 3.67. The molecule has 0 aromatic carbocycles. The van der Waals surface area contributed by atoms with Crippen LogP contribution in [0.1, 0.15) is 11.4 Å². The van der Waals surface area contributed by atoms with E-state index in [1.807, 2.05) is 18.2 Å². The molecule has 2 heterocycles. The summed E-state index contributed by atoms with van der Waals surface area (Å²) in [7, 11) is 0. The van der Waals surface area contributed by atoms with Gasteiger partial charge in [-0.05, 0) is 24.3 Å². The van der Waals surface area contributed by atoms with Crippen LogP contribution in [-0.4, -0.2) is 20.9 Å². The molecular weight excluding hydrogens is 238 g/mol. The molecule has 0 atom stereocenters. The van der Waals surface area contributed by atoms with Gasteiger partial charge in [0.15, 0.2) is 0 Å². The number of pyridine rings is 2. The highest BCUT2D eigenvalue weighted by molar-refractivity contribution is 6.30. The van der Waals surface area contributed by atoms with Crippen LogP contribution in [0.4, 0.5) is 0 Å². The Morgan fingerprint density at radius 2 is 2.12 bits per heavy atom. The summed E-state index contributed by atoms with van der Waals surface area (Å²) < 4.78 is 0. The van der Waals surface area contributed by atoms with Gasteiger partial charge in [0.05, 0.1) is 5.69 Å². The molecule has 0 saturated carbocycles. The first-order valence-electron chi connectivity index (χ1n) is 5.02. The van der Waals surface area contributed by atoms with Crippen LogP contribution in [0.5, 0.6) is 0 Å². The van der Waals surface area contributed by atoms with Crippen molar-refractivity contribution in [1.29, 1.82) is 0 Å². The van der Waals surface area contributed by atoms with Gasteiger partial charge in [-0.25, -0.2) is 0 Å². The molecular formula is C12H10ClN3O. The molecule has 2 aromatic rings. The molecule has 0 unspecified atom stereocenters. The van der Waals surface area contributed by atoms with Gasteiger partial charge in [-0.15, -0.1) is 0 Å². The van der Waals surface area contributed by atoms with Crippen LogP contribution in [0.15, 0.2) is 47.9 Å². The number of halogens is 1. The van der Waals surface area contributed by atoms with Gasteiger partial charge < -0.3 is 5.21 Å². The third-order valence-corrected chi connectivity index (χ3v) is 2.45. The van der Waals surface area contributed by atoms with E-state index in [-0.39, 0.29) is 0 Å². The van der Waals surface area contributed by atoms with Gasteiger partial charge in [0.2, 0.25) is 0 Å². The number of hydrogen-bond acceptors (Lipinski definition) is 4. The van der Waals surface area contributed by atoms with Crippen molar-refractivity contribution in [2.75, 3.05) is 0 Å². The SMILES string of the molecule is O/N=C(/Cc1ccccn1)c1cc(Cl)ccn1. The van der Waals surface area contributed by atoms with Gasteiger partial charge in [0.25, 0.3) is 0 Å². The van der Waals surface area contributed by atoms with Crippen molar-refractivity contribution in [3.8, 4) is 0 Å². The third kappa shape index (κ3) is 3.01. The normalized spacial score (nSPS) is 11.5. The van der Waals surface area contributed by atoms with Gasteiger partial charge in [-0.2, -0.15) is 0 Å². The summed E-state index contributed by atoms with van der Waals surface area (Å²) in [5.74, 6) is 0. The highest BCUT2D eigenvalue weighted by Gasteiger charge is 2.08. The monoisotopic (exact) mass is 247 g/mol. The van der Waals surface area contributed by atoms with E-state index in [1.165, 1.54) is 0 Å². The van der Waals surface area contributed by atoms with E-state index in [0.717, 1.165) is 5.69 Å². The lowest BCUT2D eigenvalue weighted by Crippen LogP contribution is -2.08. The minimum Gasteiger partial charge on any atom is -0.411 e. The van der Waals surface area contributed by atoms with Crippen LogP contribution in [-0.2, 0) is 6.42 Å². The zero-order chi connectivity index (χ0) is 12.1. The fraction of sp³-hybridized carbons (Fsp3) is 0.0833. The minimum atomic E-state index is 0.407. The molecule has 4 nitrogen and oxygen atoms in total. The van der Waals surface area contributed by atoms with Gasteiger partial charge in [-0.3, -0.25) is 9.97 Å². The second-order valence-corrected chi connectivity index (χ2v) is 3.84. The summed E-state index contributed by atoms with van der Waals surface area (Å²) >= 11 is 5.86. The number of rotatable bonds is 3. The lowest BCUT2D eigenvalue weighted by atomic mass is 10.1. The van der Waals surface area contributed by atoms with E-state index < -0.39 is 0 Å². The van der Waals surface area contributed by atoms with Crippen molar-refractivity contribution < 1.29 is 5.21 Å². The molecule has 17 heavy (non-hydrogen) atoms. The maximum atomic E-state index is 9.01. The lowest BCUT2D eigenvalue weighted by molar-refractivity contribution is 0.318. The van der Waals surface area contributed by atoms with Crippen molar-refractivity contribution in [3.63, 3.8) is 0 Å². The van der Waals surface area contributed by atoms with Crippen molar-refractivity contribution in [2.24, 2.45) is 5.16 Å². The molecule has 0 aliphatic rings. The highest BCUT2D eigenvalue weighted by Crippen LogP contribution is 2.11. The van der Waals surface area contributed by atoms with E-state index in [1.54, 1.807) is 24.5 Å². The summed E-state index contributed by atoms with van der Waals surface area (Å²) in [6, 6.07) is 8.88. The zero-order valence-electron chi connectivity index (χ0n) is 8.92. The molecule has 2 rings (SSSR count). The molecule has 0 saturated heterocycles. The summed E-state index contributed by atoms with van der Waals surface area (Å²) in [6.07, 6.45) is 3.67. The van der Waals surface area contributed by atoms with E-state index in [4.69, 9.17) is 16.8 Å². The molecule has 0 radical (unpaired) electrons. The van der Waals surface area contributed by atoms with E-state index in [0.29, 0.717) is 22.8 Å². The largest absolute Gasteiger partial charge is 0.411 e. The molecule has 0 spiro atoms. The average Bonchev–Trinajstić information content (AvgIpc) is 2.37. The Hall–Kier alpha value is -1.94. The first kappa shape index (κ1) is 11.5. The Morgan fingerprint density at radius 3 is 2.76 bits per heavy atom. The topological polar surface area (TPSA) is 58.4 Å². The Balaban J connectivity index is 2.24. The number of hydrogen-bond donors (Lipinski definition) is 1. The van der Waals surface area contributed by atoms with Crippen molar-refractivity contribution in [2.45, 2.75) is 6.42 Å². The van der Waals surface area contributed by atoms with Crippen LogP contribution >= 0.6 is 11.6 Å². The third-order valence-electron chi connectivity index (χ3n) is 2.21. The summed E-state index contributed by atoms with van der Waals surface area (Å²) in [6.45, 7) is 0. The second-order valence-electron chi connectivity index (χ2n) is 3.40. The fourth-order valence-corrected chi connectivity index (χ4v) is 1.57. The van der Waals surface area contributed by atoms with E-state index in [9.17, 15) is 0 Å². The van der Waals surface area contributed by atoms with Crippen molar-refractivity contribution >= 4 is 17.3 Å². The molecule has 0 amide bonds. The maximum Gasteiger partial charge on any atom is 0.111 e. The Bertz CT molecular complexity index is 528. The molecule has 0 fully saturated rings. The molecule has 1 N–H and O–H groups in total. The molecule has 86 valence electrons. The van der Waals surface area contributed by atoms with Crippen LogP contribution in [0, 0.1) is 0 Å². The first-order valence-corrected chi connectivity index (χ1v) is 5.40. The van der Waals surface area contributed by atoms with Gasteiger partial charge in [0.1, 0.15) is 5.71 Å². The second kappa shape index (κ2) is 5.41. The molecule has 0 aliphatic heterocycles. The fourth-order valence-electron chi connectivity index (χ4n) is 1.41. The highest BCUT2D eigenvalue weighted by atomic mass is 35.5. The first-order chi connectivity index (χ1) is 8.29. The van der Waals surface area contributed by atoms with Crippen LogP contribution < -0.4 is 0 Å². The van der Waals surface area contributed by atoms with Gasteiger partial charge >= 0.3 is 0 Å². The molecule has 2 aromatic heterocycles. The summed E-state index contributed by atoms with van der Waals surface area (Å²) in [5.41, 5.74) is 1.79. The van der Waals surface area contributed by atoms with Gasteiger partial charge in [0, 0.05) is 29.5 Å². The van der Waals surface area contributed by atoms with Gasteiger partial charge in [-0.1, -0.05) is 22.8 Å². The van der Waals surface area contributed by atoms with E-state index in [2.05, 4.69) is 15.1 Å². The van der Waals surface area contributed by atoms with Crippen LogP contribution in [0.25, 0.3) is 0 Å². The Morgan fingerprint density at radius 1 is 1.24 bits per heavy atom. The number of oxime groups is 1. The van der Waals surface area contributed by atoms with Crippen molar-refractivity contribution in [1.82, 2.24) is 9.97 Å². The standard InChI is InChI=1S/C12H10ClN3O/c13-9-4-6-15-11(7-9)12(16-17)8-10-3-1-2-5-14-10/h1-7,17H,8H2/b16-12-. The van der Waals surface area contributed by atoms with Crippen LogP contribution in [0.3, 0.4) is 0 Å². The maximum absolute atomic E-state index is 9.01. The predicted molar refractivity (Wildman–Crippen MR) is 65.5 cm³/mol. The molecule has 0 aliphatic carbocycles. The smallest absolute Gasteiger partial charge is 0.111 e. The quantitative estimate of drug-likeness (QED) is 0.515. The number of nitrogens with zero attached hydrogens (tertiary/aromatic N) is 3. The molecule has 0 bridgehead atoms. The van der Waals surface area contributed by atoms with Crippen molar-refractivity contribution in [3.05, 3.63) is 59.1 Å². The summed E-state index contributed by atoms with van der Waals surface area (Å²) in [5, 5.41) is 12.8. The molecule has 5 heteroatoms. The minimum absolute atomic E-state index is 0.407. The number of aromatic nitrogens is 2. The predicted octanol–water partition coefficient (Wildman–Crippen LogP) is 2.55. The average molecular weight is 248 g/mol. The van der Waals surface area contributed by atoms with E-state index >= 15 is 0 Å².